The number of hydrogen-bond donors (Lipinski definition) is 2. The zero-order chi connectivity index (χ0) is 22.2. The SMILES string of the molecule is O=C1CN(C(=O)c2ccc(NS(=O)(=O)c3ccc(F)c(F)c3)cc2)c2ccccc2N1. The van der Waals surface area contributed by atoms with Crippen LogP contribution in [0.15, 0.2) is 71.6 Å². The molecule has 0 aliphatic carbocycles. The molecule has 3 aromatic carbocycles. The van der Waals surface area contributed by atoms with Gasteiger partial charge >= 0.3 is 0 Å². The van der Waals surface area contributed by atoms with Crippen LogP contribution < -0.4 is 14.9 Å². The minimum absolute atomic E-state index is 0.123. The van der Waals surface area contributed by atoms with Gasteiger partial charge in [0.05, 0.1) is 16.3 Å². The van der Waals surface area contributed by atoms with Gasteiger partial charge in [-0.3, -0.25) is 19.2 Å². The molecule has 0 saturated carbocycles. The van der Waals surface area contributed by atoms with Crippen LogP contribution in [-0.2, 0) is 14.8 Å². The first-order chi connectivity index (χ1) is 14.7. The number of halogens is 2. The van der Waals surface area contributed by atoms with Crippen LogP contribution in [0.3, 0.4) is 0 Å². The average Bonchev–Trinajstić information content (AvgIpc) is 2.74. The van der Waals surface area contributed by atoms with Crippen LogP contribution in [0, 0.1) is 11.6 Å². The lowest BCUT2D eigenvalue weighted by atomic mass is 10.1. The number of amides is 2. The molecule has 2 N–H and O–H groups in total. The summed E-state index contributed by atoms with van der Waals surface area (Å²) in [7, 11) is -4.16. The maximum absolute atomic E-state index is 13.4. The third-order valence-electron chi connectivity index (χ3n) is 4.60. The van der Waals surface area contributed by atoms with Gasteiger partial charge in [-0.25, -0.2) is 17.2 Å². The van der Waals surface area contributed by atoms with Gasteiger partial charge in [-0.1, -0.05) is 12.1 Å². The summed E-state index contributed by atoms with van der Waals surface area (Å²) in [5.41, 5.74) is 1.43. The summed E-state index contributed by atoms with van der Waals surface area (Å²) in [6.45, 7) is -0.152. The number of sulfonamides is 1. The van der Waals surface area contributed by atoms with Gasteiger partial charge in [0.15, 0.2) is 11.6 Å². The van der Waals surface area contributed by atoms with Gasteiger partial charge in [0.2, 0.25) is 5.91 Å². The fourth-order valence-corrected chi connectivity index (χ4v) is 4.18. The molecule has 7 nitrogen and oxygen atoms in total. The van der Waals surface area contributed by atoms with Gasteiger partial charge in [0.1, 0.15) is 6.54 Å². The summed E-state index contributed by atoms with van der Waals surface area (Å²) in [6, 6.07) is 14.6. The smallest absolute Gasteiger partial charge is 0.261 e. The largest absolute Gasteiger partial charge is 0.323 e. The minimum atomic E-state index is -4.16. The molecule has 0 spiro atoms. The number of benzene rings is 3. The van der Waals surface area contributed by atoms with Crippen LogP contribution in [0.1, 0.15) is 10.4 Å². The average molecular weight is 443 g/mol. The summed E-state index contributed by atoms with van der Waals surface area (Å²) >= 11 is 0. The monoisotopic (exact) mass is 443 g/mol. The van der Waals surface area contributed by atoms with Gasteiger partial charge in [-0.2, -0.15) is 0 Å². The third-order valence-corrected chi connectivity index (χ3v) is 5.98. The highest BCUT2D eigenvalue weighted by molar-refractivity contribution is 7.92. The Morgan fingerprint density at radius 2 is 1.68 bits per heavy atom. The molecule has 10 heteroatoms. The Hall–Kier alpha value is -3.79. The molecule has 0 bridgehead atoms. The van der Waals surface area contributed by atoms with Crippen molar-refractivity contribution in [2.45, 2.75) is 4.90 Å². The van der Waals surface area contributed by atoms with Gasteiger partial charge in [-0.15, -0.1) is 0 Å². The molecule has 1 aliphatic heterocycles. The molecule has 31 heavy (non-hydrogen) atoms. The Morgan fingerprint density at radius 1 is 0.968 bits per heavy atom. The molecule has 0 saturated heterocycles. The third kappa shape index (κ3) is 4.10. The van der Waals surface area contributed by atoms with E-state index in [-0.39, 0.29) is 23.7 Å². The van der Waals surface area contributed by atoms with E-state index in [0.717, 1.165) is 12.1 Å². The maximum atomic E-state index is 13.4. The van der Waals surface area contributed by atoms with E-state index in [1.54, 1.807) is 24.3 Å². The van der Waals surface area contributed by atoms with Crippen LogP contribution in [0.4, 0.5) is 25.8 Å². The van der Waals surface area contributed by atoms with Crippen LogP contribution in [-0.4, -0.2) is 26.8 Å². The predicted molar refractivity (Wildman–Crippen MR) is 110 cm³/mol. The zero-order valence-electron chi connectivity index (χ0n) is 15.8. The van der Waals surface area contributed by atoms with Crippen molar-refractivity contribution in [3.63, 3.8) is 0 Å². The number of rotatable bonds is 4. The Bertz CT molecular complexity index is 1290. The summed E-state index contributed by atoms with van der Waals surface area (Å²) in [6.07, 6.45) is 0. The lowest BCUT2D eigenvalue weighted by Gasteiger charge is -2.29. The molecule has 0 unspecified atom stereocenters. The lowest BCUT2D eigenvalue weighted by molar-refractivity contribution is -0.115. The van der Waals surface area contributed by atoms with E-state index in [1.165, 1.54) is 29.2 Å². The number of para-hydroxylation sites is 2. The van der Waals surface area contributed by atoms with Crippen molar-refractivity contribution in [2.24, 2.45) is 0 Å². The topological polar surface area (TPSA) is 95.6 Å². The Kier molecular flexibility index (Phi) is 5.15. The van der Waals surface area contributed by atoms with Crippen molar-refractivity contribution < 1.29 is 26.8 Å². The Morgan fingerprint density at radius 3 is 2.39 bits per heavy atom. The summed E-state index contributed by atoms with van der Waals surface area (Å²) in [4.78, 5) is 25.7. The Labute approximate surface area is 176 Å². The van der Waals surface area contributed by atoms with Crippen molar-refractivity contribution >= 4 is 38.9 Å². The van der Waals surface area contributed by atoms with Crippen molar-refractivity contribution in [2.75, 3.05) is 21.5 Å². The van der Waals surface area contributed by atoms with Crippen LogP contribution in [0.5, 0.6) is 0 Å². The van der Waals surface area contributed by atoms with Crippen molar-refractivity contribution in [1.82, 2.24) is 0 Å². The molecular formula is C21H15F2N3O4S. The molecule has 0 aromatic heterocycles. The standard InChI is InChI=1S/C21H15F2N3O4S/c22-16-10-9-15(11-17(16)23)31(29,30)25-14-7-5-13(6-8-14)21(28)26-12-20(27)24-18-3-1-2-4-19(18)26/h1-11,25H,12H2,(H,24,27). The van der Waals surface area contributed by atoms with E-state index in [4.69, 9.17) is 0 Å². The van der Waals surface area contributed by atoms with E-state index in [9.17, 15) is 26.8 Å². The fraction of sp³-hybridized carbons (Fsp3) is 0.0476. The van der Waals surface area contributed by atoms with Crippen molar-refractivity contribution in [3.05, 3.63) is 83.9 Å². The molecule has 3 aromatic rings. The van der Waals surface area contributed by atoms with Crippen LogP contribution in [0.25, 0.3) is 0 Å². The first kappa shape index (κ1) is 20.5. The van der Waals surface area contributed by atoms with Crippen molar-refractivity contribution in [1.29, 1.82) is 0 Å². The number of fused-ring (bicyclic) bond motifs is 1. The number of hydrogen-bond acceptors (Lipinski definition) is 4. The fourth-order valence-electron chi connectivity index (χ4n) is 3.11. The van der Waals surface area contributed by atoms with Gasteiger partial charge < -0.3 is 5.32 Å². The first-order valence-electron chi connectivity index (χ1n) is 9.03. The molecule has 1 aliphatic rings. The number of nitrogens with zero attached hydrogens (tertiary/aromatic N) is 1. The normalized spacial score (nSPS) is 13.4. The summed E-state index contributed by atoms with van der Waals surface area (Å²) < 4.78 is 53.4. The number of carbonyl (C=O) groups excluding carboxylic acids is 2. The van der Waals surface area contributed by atoms with Gasteiger partial charge in [0, 0.05) is 11.3 Å². The molecule has 2 amide bonds. The quantitative estimate of drug-likeness (QED) is 0.646. The molecule has 0 atom stereocenters. The first-order valence-corrected chi connectivity index (χ1v) is 10.5. The van der Waals surface area contributed by atoms with Gasteiger partial charge in [-0.05, 0) is 54.6 Å². The maximum Gasteiger partial charge on any atom is 0.261 e. The Balaban J connectivity index is 1.55. The molecule has 0 radical (unpaired) electrons. The highest BCUT2D eigenvalue weighted by Gasteiger charge is 2.27. The summed E-state index contributed by atoms with van der Waals surface area (Å²) in [5, 5.41) is 2.69. The molecule has 158 valence electrons. The highest BCUT2D eigenvalue weighted by Crippen LogP contribution is 2.30. The van der Waals surface area contributed by atoms with Crippen molar-refractivity contribution in [3.8, 4) is 0 Å². The summed E-state index contributed by atoms with van der Waals surface area (Å²) in [5.74, 6) is -3.20. The van der Waals surface area contributed by atoms with E-state index >= 15 is 0 Å². The predicted octanol–water partition coefficient (Wildman–Crippen LogP) is 3.36. The van der Waals surface area contributed by atoms with Crippen LogP contribution >= 0.6 is 0 Å². The zero-order valence-corrected chi connectivity index (χ0v) is 16.6. The number of anilines is 3. The number of carbonyl (C=O) groups is 2. The highest BCUT2D eigenvalue weighted by atomic mass is 32.2. The lowest BCUT2D eigenvalue weighted by Crippen LogP contribution is -2.42. The van der Waals surface area contributed by atoms with E-state index in [2.05, 4.69) is 10.0 Å². The number of nitrogens with one attached hydrogen (secondary N) is 2. The second kappa shape index (κ2) is 7.80. The molecule has 4 rings (SSSR count). The second-order valence-electron chi connectivity index (χ2n) is 6.72. The van der Waals surface area contributed by atoms with E-state index in [1.807, 2.05) is 0 Å². The van der Waals surface area contributed by atoms with Gasteiger partial charge in [0.25, 0.3) is 15.9 Å². The molecular weight excluding hydrogens is 428 g/mol. The van der Waals surface area contributed by atoms with Crippen LogP contribution in [0.2, 0.25) is 0 Å². The van der Waals surface area contributed by atoms with E-state index < -0.39 is 32.5 Å². The molecule has 0 fully saturated rings. The second-order valence-corrected chi connectivity index (χ2v) is 8.40. The minimum Gasteiger partial charge on any atom is -0.323 e. The molecule has 1 heterocycles. The van der Waals surface area contributed by atoms with E-state index in [0.29, 0.717) is 17.4 Å².